The molecule has 0 aliphatic carbocycles. The topological polar surface area (TPSA) is 33.4 Å². The third-order valence-corrected chi connectivity index (χ3v) is 7.69. The van der Waals surface area contributed by atoms with Crippen LogP contribution in [0.5, 0.6) is 5.75 Å². The average molecular weight is 544 g/mol. The average Bonchev–Trinajstić information content (AvgIpc) is 2.99. The summed E-state index contributed by atoms with van der Waals surface area (Å²) >= 11 is 0. The van der Waals surface area contributed by atoms with E-state index in [4.69, 9.17) is 4.74 Å². The summed E-state index contributed by atoms with van der Waals surface area (Å²) in [6.45, 7) is 8.56. The first-order valence-electron chi connectivity index (χ1n) is 15.7. The van der Waals surface area contributed by atoms with E-state index in [1.807, 2.05) is 70.4 Å². The third-order valence-electron chi connectivity index (χ3n) is 7.69. The standard InChI is InChI=1S/C36H51N2O2/c1-4-6-7-8-9-10-11-12-13-14-15-19-27-40-35-25-24-32(31(3)28-35)30-38(34-22-17-16-18-23-34)36(39)33-21-20-26-37(5-2)29-33/h16-18,20-26,28-29H,4-15,19,27,30H2,1-3H3/q+1. The molecule has 0 atom stereocenters. The highest BCUT2D eigenvalue weighted by molar-refractivity contribution is 6.05. The molecule has 0 fully saturated rings. The summed E-state index contributed by atoms with van der Waals surface area (Å²) in [6.07, 6.45) is 20.1. The molecule has 216 valence electrons. The van der Waals surface area contributed by atoms with Crippen molar-refractivity contribution >= 4 is 11.6 Å². The van der Waals surface area contributed by atoms with E-state index in [2.05, 4.69) is 32.9 Å². The lowest BCUT2D eigenvalue weighted by Gasteiger charge is -2.24. The second-order valence-corrected chi connectivity index (χ2v) is 11.0. The van der Waals surface area contributed by atoms with Crippen LogP contribution in [0.1, 0.15) is 112 Å². The Morgan fingerprint density at radius 2 is 1.43 bits per heavy atom. The first kappa shape index (κ1) is 31.4. The summed E-state index contributed by atoms with van der Waals surface area (Å²) in [6, 6.07) is 20.0. The Bertz CT molecular complexity index is 1130. The van der Waals surface area contributed by atoms with E-state index in [0.29, 0.717) is 12.1 Å². The van der Waals surface area contributed by atoms with Gasteiger partial charge in [-0.05, 0) is 61.7 Å². The van der Waals surface area contributed by atoms with Gasteiger partial charge in [-0.2, -0.15) is 0 Å². The van der Waals surface area contributed by atoms with Gasteiger partial charge in [-0.3, -0.25) is 4.79 Å². The van der Waals surface area contributed by atoms with Crippen LogP contribution in [-0.4, -0.2) is 12.5 Å². The third kappa shape index (κ3) is 10.8. The zero-order chi connectivity index (χ0) is 28.4. The molecular formula is C36H51N2O2+. The zero-order valence-electron chi connectivity index (χ0n) is 25.2. The Balaban J connectivity index is 1.45. The molecule has 4 heteroatoms. The van der Waals surface area contributed by atoms with E-state index >= 15 is 0 Å². The van der Waals surface area contributed by atoms with Crippen molar-refractivity contribution in [3.63, 3.8) is 0 Å². The van der Waals surface area contributed by atoms with Gasteiger partial charge in [0.2, 0.25) is 0 Å². The molecule has 1 heterocycles. The number of hydrogen-bond acceptors (Lipinski definition) is 2. The molecule has 0 aliphatic rings. The lowest BCUT2D eigenvalue weighted by Crippen LogP contribution is -2.36. The largest absolute Gasteiger partial charge is 0.494 e. The van der Waals surface area contributed by atoms with E-state index in [9.17, 15) is 4.79 Å². The molecule has 0 radical (unpaired) electrons. The molecule has 0 saturated carbocycles. The molecule has 4 nitrogen and oxygen atoms in total. The Morgan fingerprint density at radius 3 is 2.05 bits per heavy atom. The van der Waals surface area contributed by atoms with Crippen molar-refractivity contribution in [3.05, 3.63) is 89.7 Å². The summed E-state index contributed by atoms with van der Waals surface area (Å²) in [5.74, 6) is 0.912. The predicted octanol–water partition coefficient (Wildman–Crippen LogP) is 9.23. The molecule has 0 unspecified atom stereocenters. The molecule has 40 heavy (non-hydrogen) atoms. The van der Waals surface area contributed by atoms with Crippen LogP contribution in [0.2, 0.25) is 0 Å². The molecular weight excluding hydrogens is 492 g/mol. The maximum absolute atomic E-state index is 13.6. The molecule has 3 aromatic rings. The van der Waals surface area contributed by atoms with Gasteiger partial charge in [0.1, 0.15) is 17.9 Å². The molecule has 3 rings (SSSR count). The van der Waals surface area contributed by atoms with Crippen LogP contribution in [0.3, 0.4) is 0 Å². The molecule has 0 aliphatic heterocycles. The number of amides is 1. The summed E-state index contributed by atoms with van der Waals surface area (Å²) in [5, 5.41) is 0. The van der Waals surface area contributed by atoms with Crippen LogP contribution < -0.4 is 14.2 Å². The van der Waals surface area contributed by atoms with Crippen molar-refractivity contribution in [2.75, 3.05) is 11.5 Å². The monoisotopic (exact) mass is 543 g/mol. The molecule has 1 amide bonds. The van der Waals surface area contributed by atoms with E-state index < -0.39 is 0 Å². The van der Waals surface area contributed by atoms with E-state index in [1.165, 1.54) is 70.6 Å². The minimum Gasteiger partial charge on any atom is -0.494 e. The van der Waals surface area contributed by atoms with Crippen molar-refractivity contribution in [2.24, 2.45) is 0 Å². The number of anilines is 1. The molecule has 0 spiro atoms. The summed E-state index contributed by atoms with van der Waals surface area (Å²) in [7, 11) is 0. The van der Waals surface area contributed by atoms with Crippen molar-refractivity contribution in [2.45, 2.75) is 111 Å². The maximum atomic E-state index is 13.6. The maximum Gasteiger partial charge on any atom is 0.264 e. The van der Waals surface area contributed by atoms with Gasteiger partial charge in [-0.1, -0.05) is 102 Å². The van der Waals surface area contributed by atoms with E-state index in [0.717, 1.165) is 42.1 Å². The van der Waals surface area contributed by atoms with Crippen LogP contribution in [0, 0.1) is 6.92 Å². The number of carbonyl (C=O) groups is 1. The van der Waals surface area contributed by atoms with Crippen LogP contribution in [0.4, 0.5) is 5.69 Å². The van der Waals surface area contributed by atoms with Crippen molar-refractivity contribution < 1.29 is 14.1 Å². The lowest BCUT2D eigenvalue weighted by molar-refractivity contribution is -0.693. The smallest absolute Gasteiger partial charge is 0.264 e. The molecule has 0 bridgehead atoms. The normalized spacial score (nSPS) is 11.0. The van der Waals surface area contributed by atoms with Crippen LogP contribution in [-0.2, 0) is 13.1 Å². The molecule has 2 aromatic carbocycles. The van der Waals surface area contributed by atoms with Crippen LogP contribution in [0.25, 0.3) is 0 Å². The van der Waals surface area contributed by atoms with Crippen molar-refractivity contribution in [1.82, 2.24) is 0 Å². The highest BCUT2D eigenvalue weighted by Crippen LogP contribution is 2.24. The minimum absolute atomic E-state index is 0.000648. The number of aromatic nitrogens is 1. The van der Waals surface area contributed by atoms with Gasteiger partial charge >= 0.3 is 0 Å². The molecule has 1 aromatic heterocycles. The highest BCUT2D eigenvalue weighted by atomic mass is 16.5. The van der Waals surface area contributed by atoms with Gasteiger partial charge in [-0.25, -0.2) is 4.57 Å². The quantitative estimate of drug-likeness (QED) is 0.111. The first-order chi connectivity index (χ1) is 19.6. The molecule has 0 saturated heterocycles. The van der Waals surface area contributed by atoms with Gasteiger partial charge in [0.25, 0.3) is 5.91 Å². The van der Waals surface area contributed by atoms with Gasteiger partial charge in [0.15, 0.2) is 12.4 Å². The van der Waals surface area contributed by atoms with Crippen molar-refractivity contribution in [1.29, 1.82) is 0 Å². The summed E-state index contributed by atoms with van der Waals surface area (Å²) in [5.41, 5.74) is 3.84. The number of unbranched alkanes of at least 4 members (excludes halogenated alkanes) is 11. The fraction of sp³-hybridized carbons (Fsp3) is 0.500. The second kappa shape index (κ2) is 18.3. The fourth-order valence-electron chi connectivity index (χ4n) is 5.13. The number of carbonyl (C=O) groups excluding carboxylic acids is 1. The number of nitrogens with zero attached hydrogens (tertiary/aromatic N) is 2. The zero-order valence-corrected chi connectivity index (χ0v) is 25.2. The summed E-state index contributed by atoms with van der Waals surface area (Å²) in [4.78, 5) is 15.5. The number of aryl methyl sites for hydroxylation is 2. The van der Waals surface area contributed by atoms with E-state index in [-0.39, 0.29) is 5.91 Å². The number of ether oxygens (including phenoxy) is 1. The Hall–Kier alpha value is -3.14. The number of benzene rings is 2. The minimum atomic E-state index is 0.000648. The lowest BCUT2D eigenvalue weighted by atomic mass is 10.1. The van der Waals surface area contributed by atoms with E-state index in [1.54, 1.807) is 0 Å². The number of para-hydroxylation sites is 1. The number of rotatable bonds is 19. The van der Waals surface area contributed by atoms with Crippen LogP contribution in [0.15, 0.2) is 73.1 Å². The Labute approximate surface area is 243 Å². The SMILES string of the molecule is CCCCCCCCCCCCCCOc1ccc(CN(C(=O)c2ccc[n+](CC)c2)c2ccccc2)c(C)c1. The fourth-order valence-corrected chi connectivity index (χ4v) is 5.13. The molecule has 0 N–H and O–H groups in total. The number of pyridine rings is 1. The predicted molar refractivity (Wildman–Crippen MR) is 167 cm³/mol. The van der Waals surface area contributed by atoms with Gasteiger partial charge in [0.05, 0.1) is 13.2 Å². The van der Waals surface area contributed by atoms with Gasteiger partial charge in [-0.15, -0.1) is 0 Å². The first-order valence-corrected chi connectivity index (χ1v) is 15.7. The Morgan fingerprint density at radius 1 is 0.775 bits per heavy atom. The second-order valence-electron chi connectivity index (χ2n) is 11.0. The van der Waals surface area contributed by atoms with Gasteiger partial charge < -0.3 is 9.64 Å². The van der Waals surface area contributed by atoms with Crippen molar-refractivity contribution in [3.8, 4) is 5.75 Å². The highest BCUT2D eigenvalue weighted by Gasteiger charge is 2.21. The van der Waals surface area contributed by atoms with Crippen LogP contribution >= 0.6 is 0 Å². The number of hydrogen-bond donors (Lipinski definition) is 0. The summed E-state index contributed by atoms with van der Waals surface area (Å²) < 4.78 is 8.11. The van der Waals surface area contributed by atoms with Gasteiger partial charge in [0, 0.05) is 11.8 Å². The Kier molecular flexibility index (Phi) is 14.3.